The molecule has 0 spiro atoms. The molecule has 1 N–H and O–H groups in total. The number of rotatable bonds is 2. The van der Waals surface area contributed by atoms with Gasteiger partial charge in [0.1, 0.15) is 5.69 Å². The number of fused-ring (bicyclic) bond motifs is 3. The third kappa shape index (κ3) is 1.91. The first kappa shape index (κ1) is 10.7. The lowest BCUT2D eigenvalue weighted by molar-refractivity contribution is 0.837. The summed E-state index contributed by atoms with van der Waals surface area (Å²) in [5.41, 5.74) is 5.21. The molecule has 2 aromatic rings. The molecule has 2 aromatic heterocycles. The van der Waals surface area contributed by atoms with Crippen LogP contribution >= 0.6 is 11.3 Å². The van der Waals surface area contributed by atoms with Crippen LogP contribution < -0.4 is 5.32 Å². The van der Waals surface area contributed by atoms with E-state index in [1.807, 2.05) is 18.6 Å². The van der Waals surface area contributed by atoms with Crippen molar-refractivity contribution < 1.29 is 0 Å². The lowest BCUT2D eigenvalue weighted by Crippen LogP contribution is -2.04. The minimum atomic E-state index is 0.701. The van der Waals surface area contributed by atoms with Crippen molar-refractivity contribution in [2.45, 2.75) is 26.2 Å². The standard InChI is InChI=1S/C12H14N4S/c1-2-13-12-14-6-8-4-3-5-9-11(10(8)16-12)15-7-17-9/h6-7H,2-5H2,1H3,(H,13,14,16). The Labute approximate surface area is 104 Å². The number of nitrogens with zero attached hydrogens (tertiary/aromatic N) is 3. The molecular weight excluding hydrogens is 232 g/mol. The number of hydrogen-bond donors (Lipinski definition) is 1. The molecule has 4 nitrogen and oxygen atoms in total. The summed E-state index contributed by atoms with van der Waals surface area (Å²) in [7, 11) is 0. The van der Waals surface area contributed by atoms with Crippen LogP contribution in [0.25, 0.3) is 11.4 Å². The molecule has 0 fully saturated rings. The lowest BCUT2D eigenvalue weighted by atomic mass is 10.1. The van der Waals surface area contributed by atoms with Crippen LogP contribution in [0.2, 0.25) is 0 Å². The van der Waals surface area contributed by atoms with Gasteiger partial charge in [0.05, 0.1) is 11.2 Å². The second-order valence-corrected chi connectivity index (χ2v) is 5.01. The number of aromatic nitrogens is 3. The van der Waals surface area contributed by atoms with Crippen molar-refractivity contribution in [2.24, 2.45) is 0 Å². The highest BCUT2D eigenvalue weighted by atomic mass is 32.1. The smallest absolute Gasteiger partial charge is 0.223 e. The van der Waals surface area contributed by atoms with Gasteiger partial charge in [-0.2, -0.15) is 0 Å². The van der Waals surface area contributed by atoms with Gasteiger partial charge in [-0.15, -0.1) is 11.3 Å². The van der Waals surface area contributed by atoms with Crippen LogP contribution in [-0.4, -0.2) is 21.5 Å². The summed E-state index contributed by atoms with van der Waals surface area (Å²) in [5, 5.41) is 3.15. The maximum atomic E-state index is 4.60. The fourth-order valence-electron chi connectivity index (χ4n) is 2.12. The second kappa shape index (κ2) is 4.41. The summed E-state index contributed by atoms with van der Waals surface area (Å²) in [4.78, 5) is 14.7. The van der Waals surface area contributed by atoms with Gasteiger partial charge in [0.25, 0.3) is 0 Å². The fraction of sp³-hybridized carbons (Fsp3) is 0.417. The van der Waals surface area contributed by atoms with Crippen LogP contribution in [0.15, 0.2) is 11.7 Å². The summed E-state index contributed by atoms with van der Waals surface area (Å²) >= 11 is 1.73. The van der Waals surface area contributed by atoms with Crippen LogP contribution in [0.4, 0.5) is 5.95 Å². The molecule has 88 valence electrons. The molecule has 0 atom stereocenters. The largest absolute Gasteiger partial charge is 0.354 e. The summed E-state index contributed by atoms with van der Waals surface area (Å²) in [6.07, 6.45) is 5.25. The first-order valence-corrected chi connectivity index (χ1v) is 6.79. The van der Waals surface area contributed by atoms with E-state index in [0.29, 0.717) is 5.95 Å². The third-order valence-corrected chi connectivity index (χ3v) is 3.81. The van der Waals surface area contributed by atoms with Gasteiger partial charge in [-0.3, -0.25) is 0 Å². The predicted molar refractivity (Wildman–Crippen MR) is 69.3 cm³/mol. The quantitative estimate of drug-likeness (QED) is 0.884. The molecule has 2 heterocycles. The Morgan fingerprint density at radius 1 is 1.29 bits per heavy atom. The van der Waals surface area contributed by atoms with E-state index in [2.05, 4.69) is 20.3 Å². The molecule has 3 rings (SSSR count). The van der Waals surface area contributed by atoms with Crippen LogP contribution in [0.1, 0.15) is 23.8 Å². The number of anilines is 1. The Balaban J connectivity index is 2.12. The molecule has 0 saturated carbocycles. The minimum absolute atomic E-state index is 0.701. The van der Waals surface area contributed by atoms with Gasteiger partial charge in [-0.1, -0.05) is 0 Å². The number of nitrogens with one attached hydrogen (secondary N) is 1. The van der Waals surface area contributed by atoms with Gasteiger partial charge >= 0.3 is 0 Å². The van der Waals surface area contributed by atoms with E-state index in [0.717, 1.165) is 37.2 Å². The first-order chi connectivity index (χ1) is 8.38. The Hall–Kier alpha value is -1.49. The molecule has 0 saturated heterocycles. The Morgan fingerprint density at radius 3 is 3.12 bits per heavy atom. The molecule has 0 unspecified atom stereocenters. The van der Waals surface area contributed by atoms with Crippen molar-refractivity contribution in [3.05, 3.63) is 22.1 Å². The van der Waals surface area contributed by atoms with Gasteiger partial charge in [0.2, 0.25) is 5.95 Å². The minimum Gasteiger partial charge on any atom is -0.354 e. The molecule has 1 aliphatic carbocycles. The molecule has 0 amide bonds. The molecule has 0 aromatic carbocycles. The zero-order chi connectivity index (χ0) is 11.7. The molecular formula is C12H14N4S. The molecule has 0 aliphatic heterocycles. The van der Waals surface area contributed by atoms with Crippen molar-refractivity contribution in [3.63, 3.8) is 0 Å². The second-order valence-electron chi connectivity index (χ2n) is 4.08. The zero-order valence-corrected chi connectivity index (χ0v) is 10.5. The lowest BCUT2D eigenvalue weighted by Gasteiger charge is -2.07. The van der Waals surface area contributed by atoms with E-state index in [-0.39, 0.29) is 0 Å². The monoisotopic (exact) mass is 246 g/mol. The first-order valence-electron chi connectivity index (χ1n) is 5.91. The average Bonchev–Trinajstić information content (AvgIpc) is 2.73. The van der Waals surface area contributed by atoms with E-state index in [9.17, 15) is 0 Å². The van der Waals surface area contributed by atoms with Gasteiger partial charge in [0.15, 0.2) is 0 Å². The number of hydrogen-bond acceptors (Lipinski definition) is 5. The number of aryl methyl sites for hydroxylation is 2. The van der Waals surface area contributed by atoms with Crippen LogP contribution in [0, 0.1) is 0 Å². The van der Waals surface area contributed by atoms with Crippen LogP contribution in [0.5, 0.6) is 0 Å². The van der Waals surface area contributed by atoms with Crippen molar-refractivity contribution in [1.82, 2.24) is 15.0 Å². The summed E-state index contributed by atoms with van der Waals surface area (Å²) in [5.74, 6) is 0.701. The topological polar surface area (TPSA) is 50.7 Å². The van der Waals surface area contributed by atoms with Crippen molar-refractivity contribution in [3.8, 4) is 11.4 Å². The summed E-state index contributed by atoms with van der Waals surface area (Å²) in [6, 6.07) is 0. The Bertz CT molecular complexity index is 535. The summed E-state index contributed by atoms with van der Waals surface area (Å²) in [6.45, 7) is 2.88. The van der Waals surface area contributed by atoms with Gasteiger partial charge in [0, 0.05) is 17.6 Å². The SMILES string of the molecule is CCNc1ncc2c(n1)-c1ncsc1CCC2. The van der Waals surface area contributed by atoms with E-state index in [1.165, 1.54) is 10.4 Å². The van der Waals surface area contributed by atoms with Crippen molar-refractivity contribution in [1.29, 1.82) is 0 Å². The molecule has 17 heavy (non-hydrogen) atoms. The van der Waals surface area contributed by atoms with Crippen molar-refractivity contribution in [2.75, 3.05) is 11.9 Å². The predicted octanol–water partition coefficient (Wildman–Crippen LogP) is 2.52. The van der Waals surface area contributed by atoms with Gasteiger partial charge in [-0.25, -0.2) is 15.0 Å². The van der Waals surface area contributed by atoms with E-state index in [4.69, 9.17) is 0 Å². The fourth-order valence-corrected chi connectivity index (χ4v) is 2.93. The van der Waals surface area contributed by atoms with E-state index in [1.54, 1.807) is 11.3 Å². The molecule has 0 radical (unpaired) electrons. The van der Waals surface area contributed by atoms with Crippen molar-refractivity contribution >= 4 is 17.3 Å². The Kier molecular flexibility index (Phi) is 2.76. The summed E-state index contributed by atoms with van der Waals surface area (Å²) < 4.78 is 0. The van der Waals surface area contributed by atoms with Crippen LogP contribution in [0.3, 0.4) is 0 Å². The molecule has 1 aliphatic rings. The van der Waals surface area contributed by atoms with Gasteiger partial charge in [-0.05, 0) is 31.7 Å². The highest BCUT2D eigenvalue weighted by molar-refractivity contribution is 7.10. The maximum Gasteiger partial charge on any atom is 0.223 e. The number of thiazole rings is 1. The highest BCUT2D eigenvalue weighted by Gasteiger charge is 2.19. The molecule has 0 bridgehead atoms. The maximum absolute atomic E-state index is 4.60. The third-order valence-electron chi connectivity index (χ3n) is 2.91. The average molecular weight is 246 g/mol. The molecule has 5 heteroatoms. The van der Waals surface area contributed by atoms with E-state index < -0.39 is 0 Å². The van der Waals surface area contributed by atoms with E-state index >= 15 is 0 Å². The van der Waals surface area contributed by atoms with Crippen LogP contribution in [-0.2, 0) is 12.8 Å². The van der Waals surface area contributed by atoms with Gasteiger partial charge < -0.3 is 5.32 Å². The highest BCUT2D eigenvalue weighted by Crippen LogP contribution is 2.32. The zero-order valence-electron chi connectivity index (χ0n) is 9.73. The Morgan fingerprint density at radius 2 is 2.24 bits per heavy atom. The normalized spacial score (nSPS) is 13.7.